The highest BCUT2D eigenvalue weighted by molar-refractivity contribution is 5.95. The lowest BCUT2D eigenvalue weighted by Gasteiger charge is -2.38. The number of aryl methyl sites for hydroxylation is 1. The number of hydrogen-bond donors (Lipinski definition) is 2. The zero-order valence-corrected chi connectivity index (χ0v) is 22.6. The summed E-state index contributed by atoms with van der Waals surface area (Å²) in [6.45, 7) is 2.72. The van der Waals surface area contributed by atoms with Gasteiger partial charge in [0.15, 0.2) is 17.2 Å². The van der Waals surface area contributed by atoms with Crippen LogP contribution in [0.1, 0.15) is 55.7 Å². The SMILES string of the molecule is COc1ccc2cc1OCCCNC(=O)c1cc(ccc1F)Oc1ccc3c(c1)CCN(C(=O)c1n[nH]nc1C)C23. The van der Waals surface area contributed by atoms with Gasteiger partial charge in [-0.2, -0.15) is 15.4 Å². The molecule has 0 fully saturated rings. The number of carbonyl (C=O) groups is 2. The van der Waals surface area contributed by atoms with E-state index in [0.717, 1.165) is 16.7 Å². The van der Waals surface area contributed by atoms with Crippen molar-refractivity contribution in [2.45, 2.75) is 25.8 Å². The van der Waals surface area contributed by atoms with E-state index in [9.17, 15) is 14.0 Å². The number of hydrogen-bond acceptors (Lipinski definition) is 7. The molecule has 11 heteroatoms. The Bertz CT molecular complexity index is 1640. The number of benzene rings is 3. The van der Waals surface area contributed by atoms with Gasteiger partial charge in [0.05, 0.1) is 31.0 Å². The Morgan fingerprint density at radius 2 is 1.93 bits per heavy atom. The van der Waals surface area contributed by atoms with Crippen LogP contribution in [0.25, 0.3) is 0 Å². The second-order valence-electron chi connectivity index (χ2n) is 9.88. The molecule has 1 unspecified atom stereocenters. The Kier molecular flexibility index (Phi) is 7.00. The third-order valence-electron chi connectivity index (χ3n) is 7.31. The topological polar surface area (TPSA) is 119 Å². The normalized spacial score (nSPS) is 16.6. The second kappa shape index (κ2) is 10.9. The van der Waals surface area contributed by atoms with Gasteiger partial charge in [0.2, 0.25) is 0 Å². The molecule has 0 saturated carbocycles. The van der Waals surface area contributed by atoms with E-state index in [1.165, 1.54) is 18.2 Å². The van der Waals surface area contributed by atoms with Gasteiger partial charge >= 0.3 is 0 Å². The molecule has 3 aliphatic rings. The molecular weight excluding hydrogens is 529 g/mol. The lowest BCUT2D eigenvalue weighted by atomic mass is 9.87. The summed E-state index contributed by atoms with van der Waals surface area (Å²) in [6, 6.07) is 14.9. The minimum atomic E-state index is -0.637. The van der Waals surface area contributed by atoms with Crippen LogP contribution >= 0.6 is 0 Å². The van der Waals surface area contributed by atoms with Crippen LogP contribution in [0.15, 0.2) is 54.6 Å². The maximum absolute atomic E-state index is 14.5. The van der Waals surface area contributed by atoms with Crippen molar-refractivity contribution in [3.05, 3.63) is 94.1 Å². The molecule has 0 spiro atoms. The standard InChI is InChI=1S/C30H28FN5O5/c1-17-27(34-35-33-17)30(38)36-12-10-18-14-20-5-7-22(18)28(36)19-4-9-25(39-2)26(15-19)40-13-3-11-32-29(37)23-16-21(41-20)6-8-24(23)31/h4-9,14-16,28H,3,10-13H2,1-2H3,(H,32,37)(H,33,34,35). The minimum Gasteiger partial charge on any atom is -0.493 e. The Labute approximate surface area is 235 Å². The largest absolute Gasteiger partial charge is 0.493 e. The molecule has 41 heavy (non-hydrogen) atoms. The van der Waals surface area contributed by atoms with E-state index in [0.29, 0.717) is 48.1 Å². The molecule has 0 radical (unpaired) electrons. The smallest absolute Gasteiger partial charge is 0.277 e. The van der Waals surface area contributed by atoms with Crippen LogP contribution in [0.4, 0.5) is 4.39 Å². The van der Waals surface area contributed by atoms with Crippen LogP contribution in [0, 0.1) is 12.7 Å². The molecular formula is C30H28FN5O5. The molecule has 4 heterocycles. The predicted molar refractivity (Wildman–Crippen MR) is 146 cm³/mol. The van der Waals surface area contributed by atoms with Crippen molar-refractivity contribution in [3.63, 3.8) is 0 Å². The van der Waals surface area contributed by atoms with Gasteiger partial charge in [-0.05, 0) is 78.9 Å². The fourth-order valence-corrected chi connectivity index (χ4v) is 5.27. The average Bonchev–Trinajstić information content (AvgIpc) is 3.42. The number of carbonyl (C=O) groups excluding carboxylic acids is 2. The summed E-state index contributed by atoms with van der Waals surface area (Å²) in [5.41, 5.74) is 3.44. The van der Waals surface area contributed by atoms with Crippen molar-refractivity contribution < 1.29 is 28.2 Å². The van der Waals surface area contributed by atoms with E-state index < -0.39 is 17.8 Å². The van der Waals surface area contributed by atoms with Crippen molar-refractivity contribution in [1.82, 2.24) is 25.6 Å². The van der Waals surface area contributed by atoms with Crippen LogP contribution < -0.4 is 19.5 Å². The summed E-state index contributed by atoms with van der Waals surface area (Å²) >= 11 is 0. The molecule has 3 aliphatic heterocycles. The summed E-state index contributed by atoms with van der Waals surface area (Å²) in [6.07, 6.45) is 1.05. The van der Waals surface area contributed by atoms with Crippen molar-refractivity contribution in [2.24, 2.45) is 0 Å². The quantitative estimate of drug-likeness (QED) is 0.376. The van der Waals surface area contributed by atoms with Gasteiger partial charge in [-0.15, -0.1) is 0 Å². The van der Waals surface area contributed by atoms with Gasteiger partial charge in [-0.25, -0.2) is 4.39 Å². The molecule has 0 aliphatic carbocycles. The summed E-state index contributed by atoms with van der Waals surface area (Å²) in [5.74, 6) is 0.516. The molecule has 4 aromatic rings. The zero-order valence-electron chi connectivity index (χ0n) is 22.6. The number of nitrogens with one attached hydrogen (secondary N) is 2. The van der Waals surface area contributed by atoms with Gasteiger partial charge in [0.25, 0.3) is 11.8 Å². The zero-order chi connectivity index (χ0) is 28.5. The number of methoxy groups -OCH3 is 1. The van der Waals surface area contributed by atoms with Gasteiger partial charge < -0.3 is 24.4 Å². The Morgan fingerprint density at radius 1 is 1.10 bits per heavy atom. The predicted octanol–water partition coefficient (Wildman–Crippen LogP) is 4.35. The summed E-state index contributed by atoms with van der Waals surface area (Å²) < 4.78 is 32.2. The molecule has 210 valence electrons. The van der Waals surface area contributed by atoms with Crippen molar-refractivity contribution >= 4 is 11.8 Å². The number of halogens is 1. The van der Waals surface area contributed by atoms with E-state index in [4.69, 9.17) is 14.2 Å². The Balaban J connectivity index is 1.46. The van der Waals surface area contributed by atoms with Gasteiger partial charge in [-0.3, -0.25) is 9.59 Å². The molecule has 1 aromatic heterocycles. The molecule has 10 nitrogen and oxygen atoms in total. The molecule has 1 atom stereocenters. The average molecular weight is 558 g/mol. The van der Waals surface area contributed by atoms with Crippen molar-refractivity contribution in [3.8, 4) is 23.0 Å². The first kappa shape index (κ1) is 26.3. The first-order valence-corrected chi connectivity index (χ1v) is 13.3. The van der Waals surface area contributed by atoms with Gasteiger partial charge in [0, 0.05) is 13.1 Å². The fraction of sp³-hybridized carbons (Fsp3) is 0.267. The first-order chi connectivity index (χ1) is 19.9. The number of nitrogens with zero attached hydrogens (tertiary/aromatic N) is 3. The highest BCUT2D eigenvalue weighted by Gasteiger charge is 2.35. The van der Waals surface area contributed by atoms with Gasteiger partial charge in [-0.1, -0.05) is 12.1 Å². The lowest BCUT2D eigenvalue weighted by molar-refractivity contribution is 0.0687. The number of ether oxygens (including phenoxy) is 3. The number of aromatic amines is 1. The van der Waals surface area contributed by atoms with E-state index >= 15 is 0 Å². The third kappa shape index (κ3) is 5.06. The highest BCUT2D eigenvalue weighted by Crippen LogP contribution is 2.41. The molecule has 2 amide bonds. The second-order valence-corrected chi connectivity index (χ2v) is 9.88. The van der Waals surface area contributed by atoms with E-state index in [1.54, 1.807) is 25.0 Å². The monoisotopic (exact) mass is 557 g/mol. The number of rotatable bonds is 2. The van der Waals surface area contributed by atoms with Crippen molar-refractivity contribution in [1.29, 1.82) is 0 Å². The van der Waals surface area contributed by atoms with Crippen molar-refractivity contribution in [2.75, 3.05) is 26.8 Å². The van der Waals surface area contributed by atoms with Gasteiger partial charge in [0.1, 0.15) is 17.3 Å². The first-order valence-electron chi connectivity index (χ1n) is 13.3. The highest BCUT2D eigenvalue weighted by atomic mass is 19.1. The van der Waals surface area contributed by atoms with E-state index in [1.807, 2.05) is 30.3 Å². The lowest BCUT2D eigenvalue weighted by Crippen LogP contribution is -2.41. The number of aromatic nitrogens is 3. The van der Waals surface area contributed by atoms with Crippen LogP contribution in [-0.2, 0) is 6.42 Å². The number of fused-ring (bicyclic) bond motifs is 6. The van der Waals surface area contributed by atoms with Crippen LogP contribution in [0.5, 0.6) is 23.0 Å². The van der Waals surface area contributed by atoms with Crippen LogP contribution in [0.3, 0.4) is 0 Å². The minimum absolute atomic E-state index is 0.103. The maximum Gasteiger partial charge on any atom is 0.277 e. The van der Waals surface area contributed by atoms with E-state index in [-0.39, 0.29) is 30.3 Å². The summed E-state index contributed by atoms with van der Waals surface area (Å²) in [7, 11) is 1.56. The van der Waals surface area contributed by atoms with E-state index in [2.05, 4.69) is 20.7 Å². The maximum atomic E-state index is 14.5. The van der Waals surface area contributed by atoms with Crippen LogP contribution in [0.2, 0.25) is 0 Å². The Hall–Kier alpha value is -4.93. The fourth-order valence-electron chi connectivity index (χ4n) is 5.27. The molecule has 2 N–H and O–H groups in total. The number of amides is 2. The third-order valence-corrected chi connectivity index (χ3v) is 7.31. The Morgan fingerprint density at radius 3 is 2.73 bits per heavy atom. The summed E-state index contributed by atoms with van der Waals surface area (Å²) in [5, 5.41) is 13.4. The van der Waals surface area contributed by atoms with Crippen LogP contribution in [-0.4, -0.2) is 58.9 Å². The molecule has 0 saturated heterocycles. The molecule has 7 rings (SSSR count). The number of H-pyrrole nitrogens is 1. The molecule has 3 aromatic carbocycles. The molecule has 8 bridgehead atoms. The summed E-state index contributed by atoms with van der Waals surface area (Å²) in [4.78, 5) is 28.2.